The van der Waals surface area contributed by atoms with Gasteiger partial charge in [-0.05, 0) is 37.1 Å². The van der Waals surface area contributed by atoms with E-state index in [4.69, 9.17) is 11.6 Å². The molecule has 0 radical (unpaired) electrons. The van der Waals surface area contributed by atoms with Crippen LogP contribution in [0, 0.1) is 5.92 Å². The minimum absolute atomic E-state index is 0.0115. The van der Waals surface area contributed by atoms with Crippen LogP contribution in [0.5, 0.6) is 0 Å². The first kappa shape index (κ1) is 14.9. The number of hydrogen-bond donors (Lipinski definition) is 0. The molecule has 1 fully saturated rings. The topological polar surface area (TPSA) is 40.6 Å². The molecule has 108 valence electrons. The van der Waals surface area contributed by atoms with Crippen molar-refractivity contribution < 1.29 is 9.59 Å². The molecule has 2 rings (SSSR count). The third-order valence-electron chi connectivity index (χ3n) is 3.66. The first-order valence-corrected chi connectivity index (χ1v) is 7.13. The number of rotatable bonds is 2. The first-order chi connectivity index (χ1) is 9.49. The van der Waals surface area contributed by atoms with Crippen molar-refractivity contribution >= 4 is 23.4 Å². The Hall–Kier alpha value is -1.55. The second-order valence-corrected chi connectivity index (χ2v) is 5.74. The molecule has 0 saturated carbocycles. The Morgan fingerprint density at radius 3 is 2.20 bits per heavy atom. The van der Waals surface area contributed by atoms with Gasteiger partial charge in [0.15, 0.2) is 0 Å². The zero-order valence-corrected chi connectivity index (χ0v) is 12.6. The van der Waals surface area contributed by atoms with Gasteiger partial charge in [0.05, 0.1) is 0 Å². The number of hydrogen-bond acceptors (Lipinski definition) is 2. The van der Waals surface area contributed by atoms with E-state index in [1.54, 1.807) is 43.3 Å². The van der Waals surface area contributed by atoms with Crippen LogP contribution in [0.15, 0.2) is 24.3 Å². The summed E-state index contributed by atoms with van der Waals surface area (Å²) in [5.74, 6) is 0.209. The lowest BCUT2D eigenvalue weighted by Crippen LogP contribution is -2.42. The van der Waals surface area contributed by atoms with Crippen molar-refractivity contribution in [2.45, 2.75) is 12.8 Å². The molecule has 1 heterocycles. The number of carbonyl (C=O) groups is 2. The lowest BCUT2D eigenvalue weighted by atomic mass is 9.95. The van der Waals surface area contributed by atoms with Crippen LogP contribution in [-0.4, -0.2) is 48.8 Å². The Balaban J connectivity index is 1.95. The standard InChI is InChI=1S/C15H19ClN2O2/c1-17(2)14(19)12-7-9-18(10-8-12)15(20)11-3-5-13(16)6-4-11/h3-6,12H,7-10H2,1-2H3. The molecule has 1 aliphatic rings. The van der Waals surface area contributed by atoms with Crippen LogP contribution < -0.4 is 0 Å². The van der Waals surface area contributed by atoms with Crippen LogP contribution in [0.3, 0.4) is 0 Å². The summed E-state index contributed by atoms with van der Waals surface area (Å²) in [5.41, 5.74) is 0.645. The van der Waals surface area contributed by atoms with E-state index < -0.39 is 0 Å². The smallest absolute Gasteiger partial charge is 0.253 e. The van der Waals surface area contributed by atoms with Crippen molar-refractivity contribution in [2.75, 3.05) is 27.2 Å². The summed E-state index contributed by atoms with van der Waals surface area (Å²) in [6.45, 7) is 1.26. The fourth-order valence-corrected chi connectivity index (χ4v) is 2.60. The Bertz CT molecular complexity index is 491. The van der Waals surface area contributed by atoms with Crippen molar-refractivity contribution in [1.29, 1.82) is 0 Å². The van der Waals surface area contributed by atoms with E-state index >= 15 is 0 Å². The molecule has 0 aromatic heterocycles. The predicted molar refractivity (Wildman–Crippen MR) is 78.8 cm³/mol. The van der Waals surface area contributed by atoms with E-state index in [9.17, 15) is 9.59 Å². The van der Waals surface area contributed by atoms with Gasteiger partial charge >= 0.3 is 0 Å². The number of halogens is 1. The Kier molecular flexibility index (Phi) is 4.65. The first-order valence-electron chi connectivity index (χ1n) is 6.75. The number of carbonyl (C=O) groups excluding carboxylic acids is 2. The van der Waals surface area contributed by atoms with E-state index in [2.05, 4.69) is 0 Å². The minimum atomic E-state index is 0.0115. The molecule has 1 saturated heterocycles. The Morgan fingerprint density at radius 2 is 1.70 bits per heavy atom. The third-order valence-corrected chi connectivity index (χ3v) is 3.92. The summed E-state index contributed by atoms with van der Waals surface area (Å²) in [7, 11) is 3.54. The number of nitrogens with zero attached hydrogens (tertiary/aromatic N) is 2. The number of amides is 2. The third kappa shape index (κ3) is 3.31. The molecular weight excluding hydrogens is 276 g/mol. The fourth-order valence-electron chi connectivity index (χ4n) is 2.47. The van der Waals surface area contributed by atoms with Gasteiger partial charge in [0.25, 0.3) is 5.91 Å². The average molecular weight is 295 g/mol. The fraction of sp³-hybridized carbons (Fsp3) is 0.467. The highest BCUT2D eigenvalue weighted by Crippen LogP contribution is 2.21. The lowest BCUT2D eigenvalue weighted by molar-refractivity contribution is -0.134. The summed E-state index contributed by atoms with van der Waals surface area (Å²) in [4.78, 5) is 27.6. The van der Waals surface area contributed by atoms with Crippen LogP contribution in [0.25, 0.3) is 0 Å². The minimum Gasteiger partial charge on any atom is -0.349 e. The summed E-state index contributed by atoms with van der Waals surface area (Å²) in [6, 6.07) is 6.91. The molecular formula is C15H19ClN2O2. The number of likely N-dealkylation sites (tertiary alicyclic amines) is 1. The summed E-state index contributed by atoms with van der Waals surface area (Å²) in [5, 5.41) is 0.622. The zero-order chi connectivity index (χ0) is 14.7. The predicted octanol–water partition coefficient (Wildman–Crippen LogP) is 2.28. The van der Waals surface area contributed by atoms with E-state index in [1.165, 1.54) is 0 Å². The second-order valence-electron chi connectivity index (χ2n) is 5.31. The Labute approximate surface area is 124 Å². The highest BCUT2D eigenvalue weighted by molar-refractivity contribution is 6.30. The van der Waals surface area contributed by atoms with Crippen molar-refractivity contribution in [3.8, 4) is 0 Å². The van der Waals surface area contributed by atoms with Crippen LogP contribution in [0.2, 0.25) is 5.02 Å². The molecule has 0 aliphatic carbocycles. The van der Waals surface area contributed by atoms with Crippen molar-refractivity contribution in [3.05, 3.63) is 34.9 Å². The van der Waals surface area contributed by atoms with Gasteiger partial charge in [0.2, 0.25) is 5.91 Å². The molecule has 0 atom stereocenters. The van der Waals surface area contributed by atoms with E-state index in [-0.39, 0.29) is 17.7 Å². The van der Waals surface area contributed by atoms with Gasteiger partial charge in [0.1, 0.15) is 0 Å². The largest absolute Gasteiger partial charge is 0.349 e. The van der Waals surface area contributed by atoms with Crippen molar-refractivity contribution in [2.24, 2.45) is 5.92 Å². The summed E-state index contributed by atoms with van der Waals surface area (Å²) >= 11 is 5.82. The van der Waals surface area contributed by atoms with E-state index in [0.717, 1.165) is 12.8 Å². The maximum Gasteiger partial charge on any atom is 0.253 e. The van der Waals surface area contributed by atoms with Gasteiger partial charge in [-0.1, -0.05) is 11.6 Å². The zero-order valence-electron chi connectivity index (χ0n) is 11.8. The van der Waals surface area contributed by atoms with Gasteiger partial charge in [-0.2, -0.15) is 0 Å². The highest BCUT2D eigenvalue weighted by atomic mass is 35.5. The molecule has 20 heavy (non-hydrogen) atoms. The van der Waals surface area contributed by atoms with Crippen molar-refractivity contribution in [3.63, 3.8) is 0 Å². The second kappa shape index (κ2) is 6.27. The van der Waals surface area contributed by atoms with Gasteiger partial charge < -0.3 is 9.80 Å². The molecule has 2 amide bonds. The van der Waals surface area contributed by atoms with Crippen LogP contribution in [0.1, 0.15) is 23.2 Å². The van der Waals surface area contributed by atoms with Crippen LogP contribution >= 0.6 is 11.6 Å². The maximum absolute atomic E-state index is 12.3. The Morgan fingerprint density at radius 1 is 1.15 bits per heavy atom. The summed E-state index contributed by atoms with van der Waals surface area (Å²) in [6.07, 6.45) is 1.46. The molecule has 4 nitrogen and oxygen atoms in total. The monoisotopic (exact) mass is 294 g/mol. The molecule has 0 bridgehead atoms. The highest BCUT2D eigenvalue weighted by Gasteiger charge is 2.28. The molecule has 0 N–H and O–H groups in total. The van der Waals surface area contributed by atoms with E-state index in [1.807, 2.05) is 4.90 Å². The van der Waals surface area contributed by atoms with Gasteiger partial charge in [0, 0.05) is 43.7 Å². The van der Waals surface area contributed by atoms with Gasteiger partial charge in [-0.3, -0.25) is 9.59 Å². The van der Waals surface area contributed by atoms with Gasteiger partial charge in [-0.25, -0.2) is 0 Å². The van der Waals surface area contributed by atoms with Gasteiger partial charge in [-0.15, -0.1) is 0 Å². The number of piperidine rings is 1. The maximum atomic E-state index is 12.3. The molecule has 0 spiro atoms. The van der Waals surface area contributed by atoms with Crippen LogP contribution in [0.4, 0.5) is 0 Å². The van der Waals surface area contributed by atoms with Crippen molar-refractivity contribution in [1.82, 2.24) is 9.80 Å². The van der Waals surface area contributed by atoms with E-state index in [0.29, 0.717) is 23.7 Å². The normalized spacial score (nSPS) is 16.1. The average Bonchev–Trinajstić information content (AvgIpc) is 2.46. The molecule has 1 aromatic carbocycles. The lowest BCUT2D eigenvalue weighted by Gasteiger charge is -2.32. The molecule has 5 heteroatoms. The number of benzene rings is 1. The SMILES string of the molecule is CN(C)C(=O)C1CCN(C(=O)c2ccc(Cl)cc2)CC1. The van der Waals surface area contributed by atoms with Crippen LogP contribution in [-0.2, 0) is 4.79 Å². The summed E-state index contributed by atoms with van der Waals surface area (Å²) < 4.78 is 0. The molecule has 0 unspecified atom stereocenters. The molecule has 1 aliphatic heterocycles. The molecule has 1 aromatic rings. The quantitative estimate of drug-likeness (QED) is 0.839.